The second-order valence-electron chi connectivity index (χ2n) is 5.98. The van der Waals surface area contributed by atoms with Crippen molar-refractivity contribution in [3.63, 3.8) is 0 Å². The van der Waals surface area contributed by atoms with Crippen molar-refractivity contribution in [2.75, 3.05) is 0 Å². The molecule has 6 nitrogen and oxygen atoms in total. The van der Waals surface area contributed by atoms with Gasteiger partial charge in [0, 0.05) is 30.2 Å². The third-order valence-electron chi connectivity index (χ3n) is 3.38. The molecule has 0 aromatic carbocycles. The lowest BCUT2D eigenvalue weighted by atomic mass is 10.0. The second kappa shape index (κ2) is 13.1. The first kappa shape index (κ1) is 24.9. The third-order valence-corrected chi connectivity index (χ3v) is 3.38. The zero-order valence-corrected chi connectivity index (χ0v) is 19.1. The number of nitrogens with zero attached hydrogens (tertiary/aromatic N) is 3. The van der Waals surface area contributed by atoms with Gasteiger partial charge in [0.15, 0.2) is 30.6 Å². The van der Waals surface area contributed by atoms with Crippen LogP contribution in [0.5, 0.6) is 0 Å². The van der Waals surface area contributed by atoms with E-state index in [4.69, 9.17) is 9.94 Å². The van der Waals surface area contributed by atoms with Crippen molar-refractivity contribution in [3.8, 4) is 0 Å². The van der Waals surface area contributed by atoms with E-state index in [9.17, 15) is 4.79 Å². The maximum Gasteiger partial charge on any atom is 0.257 e. The van der Waals surface area contributed by atoms with Crippen molar-refractivity contribution in [3.05, 3.63) is 60.2 Å². The van der Waals surface area contributed by atoms with E-state index >= 15 is 0 Å². The highest BCUT2D eigenvalue weighted by molar-refractivity contribution is 5.95. The smallest absolute Gasteiger partial charge is 0.257 e. The Labute approximate surface area is 187 Å². The Hall–Kier alpha value is -1.14. The summed E-state index contributed by atoms with van der Waals surface area (Å²) in [6.07, 6.45) is 9.27. The Morgan fingerprint density at radius 2 is 1.81 bits per heavy atom. The number of oxime groups is 1. The molecule has 0 spiro atoms. The van der Waals surface area contributed by atoms with Crippen LogP contribution in [0.3, 0.4) is 0 Å². The Balaban J connectivity index is 0.00000312. The van der Waals surface area contributed by atoms with Crippen LogP contribution in [0.1, 0.15) is 36.2 Å². The first-order chi connectivity index (χ1) is 11.6. The number of ether oxygens (including phenoxy) is 1. The first-order valence-corrected chi connectivity index (χ1v) is 7.85. The number of halogens is 2. The predicted octanol–water partition coefficient (Wildman–Crippen LogP) is -4.06. The predicted molar refractivity (Wildman–Crippen MR) is 87.5 cm³/mol. The van der Waals surface area contributed by atoms with Crippen LogP contribution in [0.15, 0.2) is 54.2 Å². The summed E-state index contributed by atoms with van der Waals surface area (Å²) in [6.45, 7) is 4.81. The highest BCUT2D eigenvalue weighted by Gasteiger charge is 2.12. The van der Waals surface area contributed by atoms with Crippen molar-refractivity contribution in [2.45, 2.75) is 33.7 Å². The number of ketones is 1. The highest BCUT2D eigenvalue weighted by atomic mass is 127. The number of hydrogen-bond acceptors (Lipinski definition) is 4. The van der Waals surface area contributed by atoms with Crippen molar-refractivity contribution >= 4 is 12.0 Å². The molecular weight excluding hydrogens is 560 g/mol. The molecule has 0 aliphatic heterocycles. The van der Waals surface area contributed by atoms with Crippen LogP contribution in [0.2, 0.25) is 0 Å². The summed E-state index contributed by atoms with van der Waals surface area (Å²) in [7, 11) is 0. The van der Waals surface area contributed by atoms with E-state index in [0.717, 1.165) is 5.56 Å². The van der Waals surface area contributed by atoms with Crippen molar-refractivity contribution in [2.24, 2.45) is 11.1 Å². The van der Waals surface area contributed by atoms with Gasteiger partial charge < -0.3 is 53.2 Å². The molecule has 0 atom stereocenters. The van der Waals surface area contributed by atoms with Crippen molar-refractivity contribution < 1.29 is 71.8 Å². The number of carbonyl (C=O) groups is 1. The van der Waals surface area contributed by atoms with Crippen molar-refractivity contribution in [1.82, 2.24) is 0 Å². The molecule has 8 heteroatoms. The molecular formula is C18H23I2N3O3. The first-order valence-electron chi connectivity index (χ1n) is 7.85. The quantitative estimate of drug-likeness (QED) is 0.0861. The van der Waals surface area contributed by atoms with E-state index in [0.29, 0.717) is 31.4 Å². The van der Waals surface area contributed by atoms with E-state index in [1.807, 2.05) is 72.0 Å². The number of carbonyl (C=O) groups excluding carboxylic acids is 1. The third kappa shape index (κ3) is 8.49. The normalized spacial score (nSPS) is 10.4. The Morgan fingerprint density at radius 1 is 1.15 bits per heavy atom. The van der Waals surface area contributed by atoms with E-state index in [2.05, 4.69) is 5.16 Å². The van der Waals surface area contributed by atoms with E-state index in [-0.39, 0.29) is 53.7 Å². The maximum absolute atomic E-state index is 12.1. The summed E-state index contributed by atoms with van der Waals surface area (Å²) in [4.78, 5) is 12.1. The molecule has 0 unspecified atom stereocenters. The fraction of sp³-hybridized carbons (Fsp3) is 0.333. The van der Waals surface area contributed by atoms with Gasteiger partial charge >= 0.3 is 0 Å². The van der Waals surface area contributed by atoms with Crippen molar-refractivity contribution in [1.29, 1.82) is 0 Å². The molecule has 0 fully saturated rings. The van der Waals surface area contributed by atoms with Crippen LogP contribution in [-0.4, -0.2) is 17.2 Å². The van der Waals surface area contributed by atoms with Gasteiger partial charge in [0.1, 0.15) is 0 Å². The van der Waals surface area contributed by atoms with Gasteiger partial charge in [0.05, 0.1) is 11.8 Å². The lowest BCUT2D eigenvalue weighted by Gasteiger charge is -2.03. The van der Waals surface area contributed by atoms with Gasteiger partial charge in [-0.1, -0.05) is 19.0 Å². The molecule has 26 heavy (non-hydrogen) atoms. The summed E-state index contributed by atoms with van der Waals surface area (Å²) in [6, 6.07) is 7.33. The highest BCUT2D eigenvalue weighted by Crippen LogP contribution is 2.07. The molecule has 2 rings (SSSR count). The van der Waals surface area contributed by atoms with Gasteiger partial charge in [-0.05, 0) is 12.0 Å². The maximum atomic E-state index is 12.1. The van der Waals surface area contributed by atoms with Gasteiger partial charge in [-0.15, -0.1) is 0 Å². The molecule has 0 aliphatic rings. The SMILES string of the molecule is CC(C)CC(=O)c1ccc[n+](COC[n+]2ccc(/C=N/O)cc2)c1.[I-].[I-]. The number of Topliss-reactive ketones (excluding diaryl/α,β-unsaturated/α-hetero) is 1. The number of hydrogen-bond donors (Lipinski definition) is 1. The average Bonchev–Trinajstić information content (AvgIpc) is 2.56. The molecule has 2 heterocycles. The molecule has 0 saturated heterocycles. The molecule has 0 amide bonds. The summed E-state index contributed by atoms with van der Waals surface area (Å²) in [5, 5.41) is 11.5. The minimum absolute atomic E-state index is 0. The molecule has 1 N–H and O–H groups in total. The second-order valence-corrected chi connectivity index (χ2v) is 5.98. The van der Waals surface area contributed by atoms with Crippen LogP contribution in [0.4, 0.5) is 0 Å². The van der Waals surface area contributed by atoms with Gasteiger partial charge in [-0.2, -0.15) is 9.13 Å². The Bertz CT molecular complexity index is 707. The van der Waals surface area contributed by atoms with Crippen LogP contribution in [0.25, 0.3) is 0 Å². The lowest BCUT2D eigenvalue weighted by Crippen LogP contribution is -3.00. The molecule has 142 valence electrons. The molecule has 0 saturated carbocycles. The van der Waals surface area contributed by atoms with Crippen LogP contribution < -0.4 is 57.1 Å². The Kier molecular flexibility index (Phi) is 12.5. The summed E-state index contributed by atoms with van der Waals surface area (Å²) >= 11 is 0. The van der Waals surface area contributed by atoms with Crippen LogP contribution >= 0.6 is 0 Å². The molecule has 2 aromatic heterocycles. The monoisotopic (exact) mass is 583 g/mol. The fourth-order valence-electron chi connectivity index (χ4n) is 2.22. The molecule has 2 aromatic rings. The Morgan fingerprint density at radius 3 is 2.42 bits per heavy atom. The van der Waals surface area contributed by atoms with Crippen LogP contribution in [-0.2, 0) is 18.2 Å². The minimum atomic E-state index is 0. The van der Waals surface area contributed by atoms with Gasteiger partial charge in [-0.3, -0.25) is 9.53 Å². The van der Waals surface area contributed by atoms with E-state index in [1.165, 1.54) is 6.21 Å². The fourth-order valence-corrected chi connectivity index (χ4v) is 2.22. The standard InChI is InChI=1S/C18H22N3O3.2HI/c1-15(2)10-18(22)17-4-3-7-21(12-17)14-24-13-20-8-5-16(6-9-20)11-19-23;;/h3-9,11-12,15H,10,13-14H2,1-2H3;2*1H/q+1;;/p-1. The summed E-state index contributed by atoms with van der Waals surface area (Å²) < 4.78 is 9.37. The number of aromatic nitrogens is 2. The average molecular weight is 583 g/mol. The molecule has 0 aliphatic carbocycles. The summed E-state index contributed by atoms with van der Waals surface area (Å²) in [5.74, 6) is 0.493. The minimum Gasteiger partial charge on any atom is -1.00 e. The van der Waals surface area contributed by atoms with Gasteiger partial charge in [0.2, 0.25) is 0 Å². The van der Waals surface area contributed by atoms with Gasteiger partial charge in [-0.25, -0.2) is 0 Å². The molecule has 0 radical (unpaired) electrons. The number of pyridine rings is 2. The zero-order chi connectivity index (χ0) is 17.4. The lowest BCUT2D eigenvalue weighted by molar-refractivity contribution is -0.788. The van der Waals surface area contributed by atoms with E-state index < -0.39 is 0 Å². The largest absolute Gasteiger partial charge is 1.00 e. The van der Waals surface area contributed by atoms with Gasteiger partial charge in [0.25, 0.3) is 13.5 Å². The zero-order valence-electron chi connectivity index (χ0n) is 14.8. The number of rotatable bonds is 8. The summed E-state index contributed by atoms with van der Waals surface area (Å²) in [5.41, 5.74) is 1.51. The molecule has 0 bridgehead atoms. The van der Waals surface area contributed by atoms with Crippen LogP contribution in [0, 0.1) is 5.92 Å². The van der Waals surface area contributed by atoms with E-state index in [1.54, 1.807) is 0 Å². The topological polar surface area (TPSA) is 66.7 Å².